The molecule has 0 bridgehead atoms. The van der Waals surface area contributed by atoms with Crippen LogP contribution in [0, 0.1) is 0 Å². The van der Waals surface area contributed by atoms with E-state index in [9.17, 15) is 5.11 Å². The lowest BCUT2D eigenvalue weighted by Crippen LogP contribution is -2.56. The number of likely N-dealkylation sites (N-methyl/N-ethyl adjacent to an activating group) is 1. The van der Waals surface area contributed by atoms with Crippen LogP contribution in [0.4, 0.5) is 0 Å². The minimum atomic E-state index is -0.272. The van der Waals surface area contributed by atoms with Gasteiger partial charge in [0.1, 0.15) is 0 Å². The molecule has 0 amide bonds. The second-order valence-electron chi connectivity index (χ2n) is 3.02. The van der Waals surface area contributed by atoms with Crippen molar-refractivity contribution in [2.24, 2.45) is 0 Å². The van der Waals surface area contributed by atoms with Crippen molar-refractivity contribution in [2.45, 2.75) is 25.0 Å². The highest BCUT2D eigenvalue weighted by molar-refractivity contribution is 4.91. The molecule has 1 heterocycles. The normalized spacial score (nSPS) is 41.7. The van der Waals surface area contributed by atoms with Gasteiger partial charge in [-0.05, 0) is 20.4 Å². The van der Waals surface area contributed by atoms with Crippen molar-refractivity contribution in [2.75, 3.05) is 20.3 Å². The van der Waals surface area contributed by atoms with Crippen molar-refractivity contribution >= 4 is 0 Å². The van der Waals surface area contributed by atoms with Crippen LogP contribution >= 0.6 is 0 Å². The highest BCUT2D eigenvalue weighted by Gasteiger charge is 2.34. The summed E-state index contributed by atoms with van der Waals surface area (Å²) in [5.41, 5.74) is -0.238. The zero-order chi connectivity index (χ0) is 7.61. The van der Waals surface area contributed by atoms with Crippen LogP contribution in [0.25, 0.3) is 0 Å². The number of hydrogen-bond donors (Lipinski definition) is 2. The van der Waals surface area contributed by atoms with Gasteiger partial charge in [0.15, 0.2) is 0 Å². The lowest BCUT2D eigenvalue weighted by molar-refractivity contribution is -0.0574. The fraction of sp³-hybridized carbons (Fsp3) is 1.00. The van der Waals surface area contributed by atoms with E-state index >= 15 is 0 Å². The average Bonchev–Trinajstić information content (AvgIpc) is 1.96. The summed E-state index contributed by atoms with van der Waals surface area (Å²) in [6, 6.07) is 0. The Morgan fingerprint density at radius 3 is 2.80 bits per heavy atom. The Hall–Kier alpha value is -0.120. The van der Waals surface area contributed by atoms with Crippen molar-refractivity contribution < 1.29 is 9.84 Å². The summed E-state index contributed by atoms with van der Waals surface area (Å²) in [6.07, 6.45) is 0.461. The molecule has 0 aromatic heterocycles. The summed E-state index contributed by atoms with van der Waals surface area (Å²) >= 11 is 0. The third-order valence-corrected chi connectivity index (χ3v) is 2.24. The van der Waals surface area contributed by atoms with Crippen LogP contribution in [-0.2, 0) is 4.74 Å². The highest BCUT2D eigenvalue weighted by Crippen LogP contribution is 2.17. The van der Waals surface area contributed by atoms with Gasteiger partial charge in [-0.1, -0.05) is 0 Å². The van der Waals surface area contributed by atoms with Crippen LogP contribution < -0.4 is 5.32 Å². The topological polar surface area (TPSA) is 41.5 Å². The van der Waals surface area contributed by atoms with Gasteiger partial charge in [-0.3, -0.25) is 0 Å². The van der Waals surface area contributed by atoms with Crippen molar-refractivity contribution in [1.82, 2.24) is 5.32 Å². The van der Waals surface area contributed by atoms with Gasteiger partial charge in [0.05, 0.1) is 18.2 Å². The Morgan fingerprint density at radius 1 is 1.70 bits per heavy atom. The van der Waals surface area contributed by atoms with Crippen molar-refractivity contribution in [3.8, 4) is 0 Å². The summed E-state index contributed by atoms with van der Waals surface area (Å²) in [7, 11) is 1.85. The Morgan fingerprint density at radius 2 is 2.40 bits per heavy atom. The second-order valence-corrected chi connectivity index (χ2v) is 3.02. The first-order valence-electron chi connectivity index (χ1n) is 3.64. The molecule has 1 saturated heterocycles. The lowest BCUT2D eigenvalue weighted by atomic mass is 9.92. The molecule has 2 N–H and O–H groups in total. The number of nitrogens with one attached hydrogen (secondary N) is 1. The van der Waals surface area contributed by atoms with Crippen molar-refractivity contribution in [1.29, 1.82) is 0 Å². The fourth-order valence-electron chi connectivity index (χ4n) is 1.13. The van der Waals surface area contributed by atoms with Gasteiger partial charge in [0.2, 0.25) is 0 Å². The maximum atomic E-state index is 9.49. The fourth-order valence-corrected chi connectivity index (χ4v) is 1.13. The molecule has 1 rings (SSSR count). The standard InChI is InChI=1S/C7H15NO2/c1-7(8-2)5-10-4-3-6(7)9/h6,8-9H,3-5H2,1-2H3. The maximum Gasteiger partial charge on any atom is 0.0763 e. The Kier molecular flexibility index (Phi) is 2.28. The van der Waals surface area contributed by atoms with Gasteiger partial charge in [-0.15, -0.1) is 0 Å². The minimum Gasteiger partial charge on any atom is -0.391 e. The number of rotatable bonds is 1. The van der Waals surface area contributed by atoms with E-state index in [0.29, 0.717) is 13.2 Å². The molecule has 0 aromatic rings. The molecule has 1 fully saturated rings. The third-order valence-electron chi connectivity index (χ3n) is 2.24. The Labute approximate surface area is 61.4 Å². The SMILES string of the molecule is CNC1(C)COCCC1O. The van der Waals surface area contributed by atoms with Crippen LogP contribution in [-0.4, -0.2) is 37.0 Å². The van der Waals surface area contributed by atoms with Crippen LogP contribution in [0.3, 0.4) is 0 Å². The molecule has 10 heavy (non-hydrogen) atoms. The third kappa shape index (κ3) is 1.31. The van der Waals surface area contributed by atoms with Crippen LogP contribution in [0.1, 0.15) is 13.3 Å². The van der Waals surface area contributed by atoms with E-state index in [0.717, 1.165) is 6.42 Å². The van der Waals surface area contributed by atoms with Crippen LogP contribution in [0.15, 0.2) is 0 Å². The molecule has 60 valence electrons. The molecule has 0 aliphatic carbocycles. The van der Waals surface area contributed by atoms with E-state index in [-0.39, 0.29) is 11.6 Å². The van der Waals surface area contributed by atoms with Gasteiger partial charge >= 0.3 is 0 Å². The molecule has 2 unspecified atom stereocenters. The van der Waals surface area contributed by atoms with Crippen molar-refractivity contribution in [3.05, 3.63) is 0 Å². The quantitative estimate of drug-likeness (QED) is 0.534. The summed E-state index contributed by atoms with van der Waals surface area (Å²) in [5.74, 6) is 0. The Bertz CT molecular complexity index is 118. The van der Waals surface area contributed by atoms with Gasteiger partial charge in [0, 0.05) is 6.61 Å². The zero-order valence-electron chi connectivity index (χ0n) is 6.55. The van der Waals surface area contributed by atoms with E-state index in [1.165, 1.54) is 0 Å². The molecule has 3 nitrogen and oxygen atoms in total. The number of ether oxygens (including phenoxy) is 1. The monoisotopic (exact) mass is 145 g/mol. The van der Waals surface area contributed by atoms with E-state index < -0.39 is 0 Å². The second kappa shape index (κ2) is 2.86. The predicted molar refractivity (Wildman–Crippen MR) is 38.9 cm³/mol. The first kappa shape index (κ1) is 7.98. The van der Waals surface area contributed by atoms with Crippen LogP contribution in [0.2, 0.25) is 0 Å². The maximum absolute atomic E-state index is 9.49. The first-order valence-corrected chi connectivity index (χ1v) is 3.64. The van der Waals surface area contributed by atoms with E-state index in [1.54, 1.807) is 0 Å². The minimum absolute atomic E-state index is 0.238. The molecule has 0 aromatic carbocycles. The van der Waals surface area contributed by atoms with E-state index in [4.69, 9.17) is 4.74 Å². The van der Waals surface area contributed by atoms with E-state index in [2.05, 4.69) is 5.32 Å². The van der Waals surface area contributed by atoms with Gasteiger partial charge in [-0.25, -0.2) is 0 Å². The first-order chi connectivity index (χ1) is 4.69. The molecule has 0 radical (unpaired) electrons. The van der Waals surface area contributed by atoms with E-state index in [1.807, 2.05) is 14.0 Å². The molecule has 3 heteroatoms. The molecular weight excluding hydrogens is 130 g/mol. The van der Waals surface area contributed by atoms with Crippen LogP contribution in [0.5, 0.6) is 0 Å². The van der Waals surface area contributed by atoms with Gasteiger partial charge < -0.3 is 15.2 Å². The number of aliphatic hydroxyl groups is 1. The number of aliphatic hydroxyl groups excluding tert-OH is 1. The molecule has 0 spiro atoms. The van der Waals surface area contributed by atoms with Gasteiger partial charge in [0.25, 0.3) is 0 Å². The molecule has 2 atom stereocenters. The molecule has 1 aliphatic rings. The molecule has 0 saturated carbocycles. The zero-order valence-corrected chi connectivity index (χ0v) is 6.55. The Balaban J connectivity index is 2.54. The van der Waals surface area contributed by atoms with Gasteiger partial charge in [-0.2, -0.15) is 0 Å². The smallest absolute Gasteiger partial charge is 0.0763 e. The number of hydrogen-bond acceptors (Lipinski definition) is 3. The summed E-state index contributed by atoms with van der Waals surface area (Å²) < 4.78 is 5.22. The molecular formula is C7H15NO2. The average molecular weight is 145 g/mol. The highest BCUT2D eigenvalue weighted by atomic mass is 16.5. The molecule has 1 aliphatic heterocycles. The van der Waals surface area contributed by atoms with Crippen molar-refractivity contribution in [3.63, 3.8) is 0 Å². The summed E-state index contributed by atoms with van der Waals surface area (Å²) in [5, 5.41) is 12.5. The largest absolute Gasteiger partial charge is 0.391 e. The summed E-state index contributed by atoms with van der Waals surface area (Å²) in [4.78, 5) is 0. The predicted octanol–water partition coefficient (Wildman–Crippen LogP) is -0.254. The summed E-state index contributed by atoms with van der Waals surface area (Å²) in [6.45, 7) is 3.25. The lowest BCUT2D eigenvalue weighted by Gasteiger charge is -2.37.